The summed E-state index contributed by atoms with van der Waals surface area (Å²) < 4.78 is 67.2. The van der Waals surface area contributed by atoms with Crippen molar-refractivity contribution in [2.45, 2.75) is 57.8 Å². The lowest BCUT2D eigenvalue weighted by Gasteiger charge is -2.30. The van der Waals surface area contributed by atoms with Crippen LogP contribution in [0.3, 0.4) is 0 Å². The lowest BCUT2D eigenvalue weighted by atomic mass is 9.92. The molecule has 0 spiro atoms. The molecule has 1 aromatic heterocycles. The van der Waals surface area contributed by atoms with Gasteiger partial charge in [-0.3, -0.25) is 0 Å². The number of halogens is 3. The van der Waals surface area contributed by atoms with Gasteiger partial charge in [-0.05, 0) is 45.7 Å². The van der Waals surface area contributed by atoms with Crippen LogP contribution in [0.15, 0.2) is 30.3 Å². The molecule has 0 amide bonds. The molecule has 0 atom stereocenters. The van der Waals surface area contributed by atoms with Crippen molar-refractivity contribution < 1.29 is 37.2 Å². The van der Waals surface area contributed by atoms with Crippen LogP contribution in [0, 0.1) is 12.7 Å². The van der Waals surface area contributed by atoms with Gasteiger partial charge in [0, 0.05) is 30.7 Å². The van der Waals surface area contributed by atoms with Crippen LogP contribution in [0.25, 0.3) is 10.9 Å². The quantitative estimate of drug-likeness (QED) is 0.267. The van der Waals surface area contributed by atoms with E-state index in [-0.39, 0.29) is 12.1 Å². The van der Waals surface area contributed by atoms with E-state index < -0.39 is 22.9 Å². The standard InChI is InChI=1S/C28H34F3N3O5/c1-17-33-22-15-24(38-11-10-36-4)23(39-13-12-37-19-8-9-19)14-20(22)26(34-17)32-16-18-6-5-7-21(25(18)29)28(30,31)27(2,3)35/h5-7,14-15,19,35H,8-13,16H2,1-4H3,(H,32,33,34). The Morgan fingerprint density at radius 2 is 1.72 bits per heavy atom. The normalized spacial score (nSPS) is 14.1. The summed E-state index contributed by atoms with van der Waals surface area (Å²) in [5.41, 5.74) is -2.76. The van der Waals surface area contributed by atoms with Crippen molar-refractivity contribution in [3.63, 3.8) is 0 Å². The minimum atomic E-state index is -3.79. The van der Waals surface area contributed by atoms with Crippen molar-refractivity contribution in [3.05, 3.63) is 53.1 Å². The highest BCUT2D eigenvalue weighted by molar-refractivity contribution is 5.91. The van der Waals surface area contributed by atoms with Gasteiger partial charge >= 0.3 is 5.92 Å². The summed E-state index contributed by atoms with van der Waals surface area (Å²) >= 11 is 0. The molecule has 0 unspecified atom stereocenters. The summed E-state index contributed by atoms with van der Waals surface area (Å²) in [4.78, 5) is 8.95. The second kappa shape index (κ2) is 11.9. The fourth-order valence-electron chi connectivity index (χ4n) is 3.92. The molecule has 1 saturated carbocycles. The Bertz CT molecular complexity index is 1300. The highest BCUT2D eigenvalue weighted by atomic mass is 19.3. The number of alkyl halides is 2. The maximum atomic E-state index is 15.2. The molecular weight excluding hydrogens is 515 g/mol. The molecule has 39 heavy (non-hydrogen) atoms. The van der Waals surface area contributed by atoms with E-state index in [2.05, 4.69) is 15.3 Å². The Hall–Kier alpha value is -3.15. The number of ether oxygens (including phenoxy) is 4. The topological polar surface area (TPSA) is 95.0 Å². The summed E-state index contributed by atoms with van der Waals surface area (Å²) in [7, 11) is 1.58. The van der Waals surface area contributed by atoms with Gasteiger partial charge in [-0.15, -0.1) is 0 Å². The number of methoxy groups -OCH3 is 1. The van der Waals surface area contributed by atoms with E-state index in [4.69, 9.17) is 18.9 Å². The zero-order chi connectivity index (χ0) is 28.2. The Labute approximate surface area is 225 Å². The molecule has 212 valence electrons. The van der Waals surface area contributed by atoms with Gasteiger partial charge in [0.1, 0.15) is 36.3 Å². The van der Waals surface area contributed by atoms with Crippen LogP contribution in [0.2, 0.25) is 0 Å². The van der Waals surface area contributed by atoms with Gasteiger partial charge in [0.25, 0.3) is 0 Å². The van der Waals surface area contributed by atoms with Crippen molar-refractivity contribution in [1.82, 2.24) is 9.97 Å². The van der Waals surface area contributed by atoms with E-state index in [0.29, 0.717) is 66.6 Å². The van der Waals surface area contributed by atoms with Gasteiger partial charge in [-0.2, -0.15) is 8.78 Å². The van der Waals surface area contributed by atoms with Crippen LogP contribution in [0.5, 0.6) is 11.5 Å². The first-order valence-electron chi connectivity index (χ1n) is 12.8. The van der Waals surface area contributed by atoms with Crippen molar-refractivity contribution in [1.29, 1.82) is 0 Å². The summed E-state index contributed by atoms with van der Waals surface area (Å²) in [5.74, 6) is -3.14. The lowest BCUT2D eigenvalue weighted by Crippen LogP contribution is -2.41. The molecule has 1 fully saturated rings. The second-order valence-electron chi connectivity index (χ2n) is 9.96. The Balaban J connectivity index is 1.61. The number of nitrogens with one attached hydrogen (secondary N) is 1. The molecule has 8 nitrogen and oxygen atoms in total. The fraction of sp³-hybridized carbons (Fsp3) is 0.500. The first kappa shape index (κ1) is 28.8. The number of anilines is 1. The highest BCUT2D eigenvalue weighted by Crippen LogP contribution is 2.41. The average Bonchev–Trinajstić information content (AvgIpc) is 3.70. The number of rotatable bonds is 14. The molecule has 3 aromatic rings. The predicted molar refractivity (Wildman–Crippen MR) is 140 cm³/mol. The van der Waals surface area contributed by atoms with Crippen LogP contribution in [0.4, 0.5) is 19.0 Å². The molecule has 0 aliphatic heterocycles. The average molecular weight is 550 g/mol. The van der Waals surface area contributed by atoms with Crippen molar-refractivity contribution in [3.8, 4) is 11.5 Å². The van der Waals surface area contributed by atoms with Crippen molar-refractivity contribution >= 4 is 16.7 Å². The van der Waals surface area contributed by atoms with Crippen LogP contribution in [-0.2, 0) is 21.9 Å². The van der Waals surface area contributed by atoms with Crippen molar-refractivity contribution in [2.24, 2.45) is 0 Å². The number of aliphatic hydroxyl groups is 1. The summed E-state index contributed by atoms with van der Waals surface area (Å²) in [6, 6.07) is 7.16. The Morgan fingerprint density at radius 3 is 2.38 bits per heavy atom. The predicted octanol–water partition coefficient (Wildman–Crippen LogP) is 5.14. The SMILES string of the molecule is COCCOc1cc2nc(C)nc(NCc3cccc(C(F)(F)C(C)(C)O)c3F)c2cc1OCCOC1CC1. The molecule has 2 N–H and O–H groups in total. The third kappa shape index (κ3) is 6.90. The zero-order valence-electron chi connectivity index (χ0n) is 22.5. The maximum Gasteiger partial charge on any atom is 0.303 e. The van der Waals surface area contributed by atoms with Gasteiger partial charge in [-0.1, -0.05) is 12.1 Å². The Kier molecular flexibility index (Phi) is 8.83. The molecule has 0 radical (unpaired) electrons. The number of hydrogen-bond donors (Lipinski definition) is 2. The second-order valence-corrected chi connectivity index (χ2v) is 9.96. The molecule has 2 aromatic carbocycles. The van der Waals surface area contributed by atoms with E-state index in [1.165, 1.54) is 12.1 Å². The molecule has 1 aliphatic rings. The molecule has 4 rings (SSSR count). The molecule has 1 heterocycles. The molecule has 11 heteroatoms. The number of nitrogens with zero attached hydrogens (tertiary/aromatic N) is 2. The van der Waals surface area contributed by atoms with Crippen molar-refractivity contribution in [2.75, 3.05) is 38.9 Å². The van der Waals surface area contributed by atoms with Gasteiger partial charge < -0.3 is 29.4 Å². The van der Waals surface area contributed by atoms with Crippen LogP contribution in [0.1, 0.15) is 43.6 Å². The van der Waals surface area contributed by atoms with E-state index in [9.17, 15) is 13.9 Å². The number of benzene rings is 2. The first-order valence-corrected chi connectivity index (χ1v) is 12.8. The zero-order valence-corrected chi connectivity index (χ0v) is 22.5. The van der Waals surface area contributed by atoms with Gasteiger partial charge in [-0.25, -0.2) is 14.4 Å². The van der Waals surface area contributed by atoms with Crippen LogP contribution >= 0.6 is 0 Å². The molecule has 0 bridgehead atoms. The minimum absolute atomic E-state index is 0.00550. The van der Waals surface area contributed by atoms with Gasteiger partial charge in [0.2, 0.25) is 0 Å². The lowest BCUT2D eigenvalue weighted by molar-refractivity contribution is -0.170. The molecule has 0 saturated heterocycles. The molecule has 1 aliphatic carbocycles. The minimum Gasteiger partial charge on any atom is -0.487 e. The summed E-state index contributed by atoms with van der Waals surface area (Å²) in [6.45, 7) is 4.89. The smallest absolute Gasteiger partial charge is 0.303 e. The third-order valence-corrected chi connectivity index (χ3v) is 6.27. The van der Waals surface area contributed by atoms with Crippen LogP contribution in [-0.4, -0.2) is 60.3 Å². The first-order chi connectivity index (χ1) is 18.5. The largest absolute Gasteiger partial charge is 0.487 e. The van der Waals surface area contributed by atoms with E-state index in [0.717, 1.165) is 32.8 Å². The molecular formula is C28H34F3N3O5. The van der Waals surface area contributed by atoms with E-state index in [1.807, 2.05) is 0 Å². The van der Waals surface area contributed by atoms with Gasteiger partial charge in [0.05, 0.1) is 30.4 Å². The fourth-order valence-corrected chi connectivity index (χ4v) is 3.92. The summed E-state index contributed by atoms with van der Waals surface area (Å²) in [5, 5.41) is 13.5. The third-order valence-electron chi connectivity index (χ3n) is 6.27. The highest BCUT2D eigenvalue weighted by Gasteiger charge is 2.49. The van der Waals surface area contributed by atoms with E-state index in [1.54, 1.807) is 26.2 Å². The number of aryl methyl sites for hydroxylation is 1. The monoisotopic (exact) mass is 549 g/mol. The van der Waals surface area contributed by atoms with Gasteiger partial charge in [0.15, 0.2) is 11.5 Å². The Morgan fingerprint density at radius 1 is 1.03 bits per heavy atom. The number of aromatic nitrogens is 2. The maximum absolute atomic E-state index is 15.2. The number of fused-ring (bicyclic) bond motifs is 1. The summed E-state index contributed by atoms with van der Waals surface area (Å²) in [6.07, 6.45) is 2.43. The van der Waals surface area contributed by atoms with Crippen LogP contribution < -0.4 is 14.8 Å². The van der Waals surface area contributed by atoms with E-state index >= 15 is 4.39 Å². The number of hydrogen-bond acceptors (Lipinski definition) is 8.